The lowest BCUT2D eigenvalue weighted by molar-refractivity contribution is 0.542. The Morgan fingerprint density at radius 1 is 0.590 bits per heavy atom. The van der Waals surface area contributed by atoms with Crippen molar-refractivity contribution in [3.05, 3.63) is 29.3 Å². The van der Waals surface area contributed by atoms with Gasteiger partial charge in [0.15, 0.2) is 0 Å². The molecule has 0 saturated heterocycles. The fourth-order valence-electron chi connectivity index (χ4n) is 5.74. The lowest BCUT2D eigenvalue weighted by Gasteiger charge is -2.33. The minimum atomic E-state index is 0.475. The zero-order valence-corrected chi connectivity index (χ0v) is 28.4. The second-order valence-electron chi connectivity index (χ2n) is 11.8. The Hall–Kier alpha value is -0.190. The maximum atomic E-state index is 5.62. The van der Waals surface area contributed by atoms with Crippen LogP contribution in [0.1, 0.15) is 179 Å². The maximum Gasteiger partial charge on any atom is 0.115 e. The molecule has 226 valence electrons. The Kier molecular flexibility index (Phi) is 25.2. The smallest absolute Gasteiger partial charge is 0.115 e. The highest BCUT2D eigenvalue weighted by atomic mass is 32.1. The normalized spacial score (nSPS) is 11.3. The molecule has 0 amide bonds. The van der Waals surface area contributed by atoms with E-state index >= 15 is 0 Å². The van der Waals surface area contributed by atoms with E-state index in [2.05, 4.69) is 44.7 Å². The topological polar surface area (TPSA) is 3.24 Å². The molecule has 0 aliphatic carbocycles. The van der Waals surface area contributed by atoms with E-state index in [0.29, 0.717) is 4.32 Å². The molecular weight excluding hydrogens is 531 g/mol. The summed E-state index contributed by atoms with van der Waals surface area (Å²) in [5.74, 6) is 0. The molecule has 1 aromatic carbocycles. The maximum absolute atomic E-state index is 5.62. The fraction of sp³-hybridized carbons (Fsp3) is 0.800. The van der Waals surface area contributed by atoms with Crippen molar-refractivity contribution >= 4 is 47.7 Å². The summed E-state index contributed by atoms with van der Waals surface area (Å²) >= 11 is 15.3. The van der Waals surface area contributed by atoms with Crippen LogP contribution in [0.3, 0.4) is 0 Å². The molecule has 0 aliphatic rings. The van der Waals surface area contributed by atoms with Gasteiger partial charge in [-0.25, -0.2) is 0 Å². The minimum Gasteiger partial charge on any atom is -0.659 e. The molecule has 0 heterocycles. The third kappa shape index (κ3) is 19.5. The third-order valence-electron chi connectivity index (χ3n) is 8.22. The van der Waals surface area contributed by atoms with E-state index in [-0.39, 0.29) is 0 Å². The molecule has 1 nitrogen and oxygen atoms in total. The lowest BCUT2D eigenvalue weighted by Crippen LogP contribution is -2.19. The number of anilines is 1. The molecule has 0 unspecified atom stereocenters. The summed E-state index contributed by atoms with van der Waals surface area (Å²) < 4.78 is 2.16. The van der Waals surface area contributed by atoms with E-state index in [4.69, 9.17) is 25.0 Å². The van der Waals surface area contributed by atoms with Crippen LogP contribution >= 0.6 is 24.8 Å². The Bertz CT molecular complexity index is 705. The van der Waals surface area contributed by atoms with Gasteiger partial charge in [-0.2, -0.15) is 0 Å². The molecule has 0 radical (unpaired) electrons. The van der Waals surface area contributed by atoms with Crippen LogP contribution in [0.25, 0.3) is 0 Å². The molecule has 0 spiro atoms. The van der Waals surface area contributed by atoms with Gasteiger partial charge in [-0.3, -0.25) is 0 Å². The molecular formula is C35H62NS3-. The minimum absolute atomic E-state index is 0.475. The summed E-state index contributed by atoms with van der Waals surface area (Å²) in [7, 11) is 0. The molecule has 0 aromatic heterocycles. The Balaban J connectivity index is 2.32. The predicted molar refractivity (Wildman–Crippen MR) is 187 cm³/mol. The van der Waals surface area contributed by atoms with Crippen molar-refractivity contribution in [1.82, 2.24) is 0 Å². The van der Waals surface area contributed by atoms with Gasteiger partial charge in [0, 0.05) is 5.69 Å². The van der Waals surface area contributed by atoms with E-state index in [1.807, 2.05) is 0 Å². The summed E-state index contributed by atoms with van der Waals surface area (Å²) in [4.78, 5) is 0. The summed E-state index contributed by atoms with van der Waals surface area (Å²) in [5.41, 5.74) is 3.98. The second-order valence-corrected chi connectivity index (χ2v) is 13.2. The summed E-state index contributed by atoms with van der Waals surface area (Å²) in [6, 6.07) is 6.61. The van der Waals surface area contributed by atoms with Gasteiger partial charge in [-0.05, 0) is 42.9 Å². The van der Waals surface area contributed by atoms with E-state index < -0.39 is 0 Å². The van der Waals surface area contributed by atoms with Gasteiger partial charge in [0.2, 0.25) is 0 Å². The average molecular weight is 593 g/mol. The molecule has 0 saturated carbocycles. The van der Waals surface area contributed by atoms with Crippen LogP contribution in [0.2, 0.25) is 0 Å². The Morgan fingerprint density at radius 2 is 0.949 bits per heavy atom. The monoisotopic (exact) mass is 592 g/mol. The van der Waals surface area contributed by atoms with Crippen LogP contribution in [-0.2, 0) is 25.7 Å². The zero-order chi connectivity index (χ0) is 28.4. The largest absolute Gasteiger partial charge is 0.659 e. The third-order valence-corrected chi connectivity index (χ3v) is 9.23. The number of hydrogen-bond donors (Lipinski definition) is 1. The van der Waals surface area contributed by atoms with Crippen LogP contribution in [0.5, 0.6) is 0 Å². The Labute approximate surface area is 261 Å². The van der Waals surface area contributed by atoms with Crippen LogP contribution in [0.15, 0.2) is 18.2 Å². The van der Waals surface area contributed by atoms with E-state index in [1.165, 1.54) is 165 Å². The number of benzene rings is 1. The highest BCUT2D eigenvalue weighted by Gasteiger charge is 2.10. The van der Waals surface area contributed by atoms with Gasteiger partial charge in [0.25, 0.3) is 0 Å². The molecule has 39 heavy (non-hydrogen) atoms. The second kappa shape index (κ2) is 26.7. The van der Waals surface area contributed by atoms with Crippen molar-refractivity contribution in [2.24, 2.45) is 0 Å². The summed E-state index contributed by atoms with van der Waals surface area (Å²) in [6.07, 6.45) is 35.6. The molecule has 0 atom stereocenters. The zero-order valence-electron chi connectivity index (χ0n) is 25.8. The van der Waals surface area contributed by atoms with Gasteiger partial charge >= 0.3 is 0 Å². The van der Waals surface area contributed by atoms with Gasteiger partial charge < -0.3 is 17.1 Å². The fourth-order valence-corrected chi connectivity index (χ4v) is 6.11. The molecule has 1 rings (SSSR count). The number of aryl methyl sites for hydroxylation is 1. The number of nitrogens with zero attached hydrogens (tertiary/aromatic N) is 1. The van der Waals surface area contributed by atoms with E-state index in [1.54, 1.807) is 4.31 Å². The van der Waals surface area contributed by atoms with E-state index in [0.717, 1.165) is 18.5 Å². The number of thiol groups is 1. The standard InChI is InChI=1S/C35H62NS3/c1-3-5-7-9-11-13-15-17-19-21-23-25-28-32-29-27-31-34(36(39)35(37)38)33(32)30-26-24-22-20-18-16-14-12-10-8-6-4-2/h27,29,31H,3-26,28,30H2,1-2H3,(H,37,38)/q-1. The van der Waals surface area contributed by atoms with Crippen LogP contribution in [0, 0.1) is 0 Å². The molecule has 4 heteroatoms. The first-order valence-electron chi connectivity index (χ1n) is 16.9. The molecule has 0 bridgehead atoms. The number of unbranched alkanes of at least 4 members (excludes halogenated alkanes) is 22. The quantitative estimate of drug-likeness (QED) is 0.0469. The SMILES string of the molecule is CCCCCCCCCCCCCCc1cccc(N([S-])C(=S)S)c1CCCCCCCCCCCCCC. The lowest BCUT2D eigenvalue weighted by atomic mass is 9.94. The van der Waals surface area contributed by atoms with Gasteiger partial charge in [0.05, 0.1) is 0 Å². The van der Waals surface area contributed by atoms with Crippen molar-refractivity contribution < 1.29 is 0 Å². The van der Waals surface area contributed by atoms with Crippen molar-refractivity contribution in [2.45, 2.75) is 181 Å². The summed E-state index contributed by atoms with van der Waals surface area (Å²) in [6.45, 7) is 4.59. The van der Waals surface area contributed by atoms with Crippen molar-refractivity contribution in [3.8, 4) is 0 Å². The highest BCUT2D eigenvalue weighted by Crippen LogP contribution is 2.28. The molecule has 0 aliphatic heterocycles. The van der Waals surface area contributed by atoms with Crippen LogP contribution < -0.4 is 4.31 Å². The first kappa shape index (κ1) is 36.8. The number of rotatable bonds is 27. The van der Waals surface area contributed by atoms with Gasteiger partial charge in [-0.1, -0.05) is 179 Å². The van der Waals surface area contributed by atoms with Gasteiger partial charge in [-0.15, -0.1) is 12.6 Å². The van der Waals surface area contributed by atoms with Crippen LogP contribution in [0.4, 0.5) is 5.69 Å². The molecule has 1 aromatic rings. The Morgan fingerprint density at radius 3 is 1.33 bits per heavy atom. The molecule has 0 N–H and O–H groups in total. The highest BCUT2D eigenvalue weighted by molar-refractivity contribution is 8.12. The van der Waals surface area contributed by atoms with Gasteiger partial charge in [0.1, 0.15) is 4.32 Å². The van der Waals surface area contributed by atoms with E-state index in [9.17, 15) is 0 Å². The van der Waals surface area contributed by atoms with Crippen molar-refractivity contribution in [1.29, 1.82) is 0 Å². The first-order chi connectivity index (χ1) is 19.1. The number of hydrogen-bond acceptors (Lipinski definition) is 2. The summed E-state index contributed by atoms with van der Waals surface area (Å²) in [5, 5.41) is 0. The number of thiocarbonyl (C=S) groups is 1. The van der Waals surface area contributed by atoms with Crippen molar-refractivity contribution in [3.63, 3.8) is 0 Å². The first-order valence-corrected chi connectivity index (χ1v) is 18.1. The van der Waals surface area contributed by atoms with Crippen molar-refractivity contribution in [2.75, 3.05) is 4.31 Å². The van der Waals surface area contributed by atoms with Crippen LogP contribution in [-0.4, -0.2) is 4.32 Å². The predicted octanol–water partition coefficient (Wildman–Crippen LogP) is 12.7. The molecule has 0 fully saturated rings. The average Bonchev–Trinajstić information content (AvgIpc) is 2.94.